The zero-order valence-electron chi connectivity index (χ0n) is 17.0. The third-order valence-corrected chi connectivity index (χ3v) is 7.58. The molecule has 160 valence electrons. The quantitative estimate of drug-likeness (QED) is 0.742. The summed E-state index contributed by atoms with van der Waals surface area (Å²) in [4.78, 5) is 26.9. The Hall–Kier alpha value is -2.13. The van der Waals surface area contributed by atoms with Gasteiger partial charge >= 0.3 is 0 Å². The van der Waals surface area contributed by atoms with E-state index in [2.05, 4.69) is 5.32 Å². The number of amides is 2. The molecule has 2 saturated heterocycles. The topological polar surface area (TPSA) is 96.0 Å². The van der Waals surface area contributed by atoms with Crippen molar-refractivity contribution < 1.29 is 22.7 Å². The van der Waals surface area contributed by atoms with Gasteiger partial charge in [-0.05, 0) is 56.9 Å². The molecule has 2 aliphatic rings. The summed E-state index contributed by atoms with van der Waals surface area (Å²) in [6, 6.07) is 5.73. The Bertz CT molecular complexity index is 826. The lowest BCUT2D eigenvalue weighted by Crippen LogP contribution is -2.49. The van der Waals surface area contributed by atoms with Gasteiger partial charge in [0.2, 0.25) is 21.8 Å². The van der Waals surface area contributed by atoms with Gasteiger partial charge in [0, 0.05) is 32.1 Å². The van der Waals surface area contributed by atoms with Crippen LogP contribution in [0.3, 0.4) is 0 Å². The van der Waals surface area contributed by atoms with Crippen LogP contribution in [0.2, 0.25) is 0 Å². The number of hydrogen-bond acceptors (Lipinski definition) is 5. The second-order valence-electron chi connectivity index (χ2n) is 7.62. The van der Waals surface area contributed by atoms with E-state index in [1.54, 1.807) is 24.0 Å². The first-order valence-electron chi connectivity index (χ1n) is 10.1. The molecule has 0 aromatic heterocycles. The van der Waals surface area contributed by atoms with Crippen LogP contribution in [0.15, 0.2) is 29.2 Å². The van der Waals surface area contributed by atoms with Crippen molar-refractivity contribution in [2.24, 2.45) is 5.92 Å². The van der Waals surface area contributed by atoms with Crippen LogP contribution in [-0.2, 0) is 19.6 Å². The van der Waals surface area contributed by atoms with E-state index in [1.165, 1.54) is 23.5 Å². The Morgan fingerprint density at radius 1 is 1.07 bits per heavy atom. The van der Waals surface area contributed by atoms with Crippen LogP contribution in [-0.4, -0.2) is 68.8 Å². The molecule has 1 atom stereocenters. The highest BCUT2D eigenvalue weighted by molar-refractivity contribution is 7.89. The molecule has 2 heterocycles. The SMILES string of the molecule is COc1ccc(S(=O)(=O)N2CCC(C(=O)N[C@@H](C)C(=O)N3CCCC3)CC2)cc1. The normalized spacial score (nSPS) is 19.7. The van der Waals surface area contributed by atoms with Crippen molar-refractivity contribution in [3.8, 4) is 5.75 Å². The fourth-order valence-corrected chi connectivity index (χ4v) is 5.33. The molecule has 0 spiro atoms. The van der Waals surface area contributed by atoms with E-state index in [0.717, 1.165) is 25.9 Å². The van der Waals surface area contributed by atoms with Crippen LogP contribution in [0.4, 0.5) is 0 Å². The number of ether oxygens (including phenoxy) is 1. The van der Waals surface area contributed by atoms with E-state index in [9.17, 15) is 18.0 Å². The van der Waals surface area contributed by atoms with Crippen molar-refractivity contribution in [1.29, 1.82) is 0 Å². The molecule has 9 heteroatoms. The van der Waals surface area contributed by atoms with Crippen LogP contribution >= 0.6 is 0 Å². The molecule has 0 unspecified atom stereocenters. The highest BCUT2D eigenvalue weighted by atomic mass is 32.2. The standard InChI is InChI=1S/C20H29N3O5S/c1-15(20(25)22-11-3-4-12-22)21-19(24)16-9-13-23(14-10-16)29(26,27)18-7-5-17(28-2)6-8-18/h5-8,15-16H,3-4,9-14H2,1-2H3,(H,21,24)/t15-/m0/s1. The van der Waals surface area contributed by atoms with Gasteiger partial charge in [0.25, 0.3) is 0 Å². The molecular weight excluding hydrogens is 394 g/mol. The summed E-state index contributed by atoms with van der Waals surface area (Å²) in [5, 5.41) is 2.81. The van der Waals surface area contributed by atoms with Gasteiger partial charge in [-0.1, -0.05) is 0 Å². The molecule has 1 aromatic rings. The Morgan fingerprint density at radius 3 is 2.21 bits per heavy atom. The number of sulfonamides is 1. The molecule has 2 aliphatic heterocycles. The van der Waals surface area contributed by atoms with Crippen molar-refractivity contribution in [3.05, 3.63) is 24.3 Å². The summed E-state index contributed by atoms with van der Waals surface area (Å²) in [5.41, 5.74) is 0. The van der Waals surface area contributed by atoms with E-state index in [-0.39, 0.29) is 35.7 Å². The van der Waals surface area contributed by atoms with Crippen molar-refractivity contribution >= 4 is 21.8 Å². The summed E-state index contributed by atoms with van der Waals surface area (Å²) in [6.07, 6.45) is 2.89. The van der Waals surface area contributed by atoms with Gasteiger partial charge in [-0.15, -0.1) is 0 Å². The predicted molar refractivity (Wildman–Crippen MR) is 108 cm³/mol. The summed E-state index contributed by atoms with van der Waals surface area (Å²) in [6.45, 7) is 3.77. The minimum atomic E-state index is -3.60. The third kappa shape index (κ3) is 4.90. The number of piperidine rings is 1. The van der Waals surface area contributed by atoms with E-state index in [1.807, 2.05) is 0 Å². The molecule has 0 radical (unpaired) electrons. The lowest BCUT2D eigenvalue weighted by molar-refractivity contribution is -0.136. The minimum Gasteiger partial charge on any atom is -0.497 e. The monoisotopic (exact) mass is 423 g/mol. The number of methoxy groups -OCH3 is 1. The average Bonchev–Trinajstić information content (AvgIpc) is 3.28. The number of likely N-dealkylation sites (tertiary alicyclic amines) is 1. The number of nitrogens with one attached hydrogen (secondary N) is 1. The fraction of sp³-hybridized carbons (Fsp3) is 0.600. The van der Waals surface area contributed by atoms with Gasteiger partial charge in [-0.2, -0.15) is 4.31 Å². The van der Waals surface area contributed by atoms with Gasteiger partial charge in [-0.25, -0.2) is 8.42 Å². The maximum absolute atomic E-state index is 12.8. The fourth-order valence-electron chi connectivity index (χ4n) is 3.86. The third-order valence-electron chi connectivity index (χ3n) is 5.67. The van der Waals surface area contributed by atoms with Gasteiger partial charge in [0.15, 0.2) is 0 Å². The van der Waals surface area contributed by atoms with E-state index < -0.39 is 16.1 Å². The number of hydrogen-bond donors (Lipinski definition) is 1. The molecule has 8 nitrogen and oxygen atoms in total. The smallest absolute Gasteiger partial charge is 0.244 e. The highest BCUT2D eigenvalue weighted by Crippen LogP contribution is 2.25. The molecule has 0 bridgehead atoms. The van der Waals surface area contributed by atoms with Gasteiger partial charge < -0.3 is 15.0 Å². The van der Waals surface area contributed by atoms with Crippen LogP contribution in [0.5, 0.6) is 5.75 Å². The molecule has 2 amide bonds. The largest absolute Gasteiger partial charge is 0.497 e. The predicted octanol–water partition coefficient (Wildman–Crippen LogP) is 1.22. The van der Waals surface area contributed by atoms with Crippen molar-refractivity contribution in [2.45, 2.75) is 43.5 Å². The maximum Gasteiger partial charge on any atom is 0.244 e. The maximum atomic E-state index is 12.8. The first kappa shape index (κ1) is 21.6. The zero-order valence-corrected chi connectivity index (χ0v) is 17.8. The first-order chi connectivity index (χ1) is 13.8. The summed E-state index contributed by atoms with van der Waals surface area (Å²) in [5.74, 6) is 0.0879. The first-order valence-corrected chi connectivity index (χ1v) is 11.5. The van der Waals surface area contributed by atoms with Gasteiger partial charge in [0.05, 0.1) is 12.0 Å². The number of nitrogens with zero attached hydrogens (tertiary/aromatic N) is 2. The zero-order chi connectivity index (χ0) is 21.0. The molecule has 2 fully saturated rings. The molecular formula is C20H29N3O5S. The Balaban J connectivity index is 1.53. The van der Waals surface area contributed by atoms with Crippen molar-refractivity contribution in [1.82, 2.24) is 14.5 Å². The molecule has 29 heavy (non-hydrogen) atoms. The number of rotatable bonds is 6. The van der Waals surface area contributed by atoms with Gasteiger partial charge in [0.1, 0.15) is 11.8 Å². The van der Waals surface area contributed by atoms with Crippen LogP contribution in [0.25, 0.3) is 0 Å². The number of benzene rings is 1. The average molecular weight is 424 g/mol. The number of carbonyl (C=O) groups excluding carboxylic acids is 2. The van der Waals surface area contributed by atoms with E-state index in [4.69, 9.17) is 4.74 Å². The summed E-state index contributed by atoms with van der Waals surface area (Å²) in [7, 11) is -2.07. The van der Waals surface area contributed by atoms with Gasteiger partial charge in [-0.3, -0.25) is 9.59 Å². The van der Waals surface area contributed by atoms with Crippen LogP contribution < -0.4 is 10.1 Å². The van der Waals surface area contributed by atoms with Crippen molar-refractivity contribution in [3.63, 3.8) is 0 Å². The minimum absolute atomic E-state index is 0.0460. The highest BCUT2D eigenvalue weighted by Gasteiger charge is 2.33. The van der Waals surface area contributed by atoms with Crippen LogP contribution in [0, 0.1) is 5.92 Å². The summed E-state index contributed by atoms with van der Waals surface area (Å²) < 4.78 is 32.1. The number of carbonyl (C=O) groups is 2. The second kappa shape index (κ2) is 9.13. The molecule has 1 N–H and O–H groups in total. The molecule has 0 saturated carbocycles. The lowest BCUT2D eigenvalue weighted by atomic mass is 9.97. The van der Waals surface area contributed by atoms with E-state index >= 15 is 0 Å². The molecule has 3 rings (SSSR count). The van der Waals surface area contributed by atoms with Crippen LogP contribution in [0.1, 0.15) is 32.6 Å². The van der Waals surface area contributed by atoms with Crippen molar-refractivity contribution in [2.75, 3.05) is 33.3 Å². The second-order valence-corrected chi connectivity index (χ2v) is 9.55. The lowest BCUT2D eigenvalue weighted by Gasteiger charge is -2.31. The Kier molecular flexibility index (Phi) is 6.79. The molecule has 1 aromatic carbocycles. The van der Waals surface area contributed by atoms with E-state index in [0.29, 0.717) is 18.6 Å². The Labute approximate surface area is 172 Å². The Morgan fingerprint density at radius 2 is 1.66 bits per heavy atom. The summed E-state index contributed by atoms with van der Waals surface area (Å²) >= 11 is 0. The molecule has 0 aliphatic carbocycles.